The second-order valence-corrected chi connectivity index (χ2v) is 6.02. The van der Waals surface area contributed by atoms with Crippen molar-refractivity contribution < 1.29 is 19.1 Å². The monoisotopic (exact) mass is 374 g/mol. The van der Waals surface area contributed by atoms with Crippen molar-refractivity contribution in [3.63, 3.8) is 0 Å². The molecule has 6 nitrogen and oxygen atoms in total. The van der Waals surface area contributed by atoms with Crippen LogP contribution >= 0.6 is 11.6 Å². The number of benzene rings is 2. The summed E-state index contributed by atoms with van der Waals surface area (Å²) in [5.74, 6) is -1.30. The molecule has 0 heterocycles. The lowest BCUT2D eigenvalue weighted by atomic mass is 10.0. The van der Waals surface area contributed by atoms with Gasteiger partial charge in [-0.25, -0.2) is 0 Å². The fourth-order valence-electron chi connectivity index (χ4n) is 2.28. The molecule has 0 saturated carbocycles. The molecule has 1 atom stereocenters. The van der Waals surface area contributed by atoms with Crippen LogP contribution in [0.2, 0.25) is 5.02 Å². The van der Waals surface area contributed by atoms with Gasteiger partial charge in [-0.2, -0.15) is 0 Å². The molecule has 0 aromatic heterocycles. The fourth-order valence-corrected chi connectivity index (χ4v) is 2.41. The summed E-state index contributed by atoms with van der Waals surface area (Å²) >= 11 is 5.77. The van der Waals surface area contributed by atoms with Crippen LogP contribution in [0.25, 0.3) is 0 Å². The molecule has 26 heavy (non-hydrogen) atoms. The van der Waals surface area contributed by atoms with Crippen LogP contribution in [0.15, 0.2) is 54.6 Å². The number of hydrogen-bond acceptors (Lipinski definition) is 4. The van der Waals surface area contributed by atoms with Crippen molar-refractivity contribution in [2.45, 2.75) is 19.4 Å². The first-order valence-corrected chi connectivity index (χ1v) is 8.35. The maximum Gasteiger partial charge on any atom is 0.308 e. The van der Waals surface area contributed by atoms with Gasteiger partial charge in [0.25, 0.3) is 5.91 Å². The Morgan fingerprint density at radius 3 is 2.31 bits per heavy atom. The van der Waals surface area contributed by atoms with Crippen molar-refractivity contribution in [2.24, 2.45) is 0 Å². The lowest BCUT2D eigenvalue weighted by Gasteiger charge is -2.17. The summed E-state index contributed by atoms with van der Waals surface area (Å²) in [7, 11) is 0. The van der Waals surface area contributed by atoms with E-state index in [4.69, 9.17) is 16.3 Å². The summed E-state index contributed by atoms with van der Waals surface area (Å²) in [5.41, 5.74) is 1.33. The van der Waals surface area contributed by atoms with Crippen LogP contribution in [0.5, 0.6) is 0 Å². The number of ether oxygens (including phenoxy) is 1. The summed E-state index contributed by atoms with van der Waals surface area (Å²) in [6.07, 6.45) is -0.0716. The third-order valence-corrected chi connectivity index (χ3v) is 3.69. The highest BCUT2D eigenvalue weighted by molar-refractivity contribution is 6.30. The Balaban J connectivity index is 1.86. The van der Waals surface area contributed by atoms with Crippen LogP contribution in [-0.4, -0.2) is 24.4 Å². The minimum Gasteiger partial charge on any atom is -0.455 e. The number of amides is 2. The summed E-state index contributed by atoms with van der Waals surface area (Å²) in [6.45, 7) is 0.962. The van der Waals surface area contributed by atoms with Crippen LogP contribution in [0.4, 0.5) is 5.69 Å². The van der Waals surface area contributed by atoms with E-state index in [0.717, 1.165) is 5.56 Å². The highest BCUT2D eigenvalue weighted by atomic mass is 35.5. The second-order valence-electron chi connectivity index (χ2n) is 5.58. The highest BCUT2D eigenvalue weighted by Gasteiger charge is 2.18. The van der Waals surface area contributed by atoms with E-state index in [1.54, 1.807) is 36.4 Å². The SMILES string of the molecule is CC(=O)N[C@H](CC(=O)OCC(=O)Nc1ccc(Cl)cc1)c1ccccc1. The second kappa shape index (κ2) is 9.58. The van der Waals surface area contributed by atoms with Crippen molar-refractivity contribution in [3.05, 3.63) is 65.2 Å². The van der Waals surface area contributed by atoms with Crippen LogP contribution in [0.3, 0.4) is 0 Å². The van der Waals surface area contributed by atoms with Crippen LogP contribution in [0, 0.1) is 0 Å². The standard InChI is InChI=1S/C19H19ClN2O4/c1-13(23)21-17(14-5-3-2-4-6-14)11-19(25)26-12-18(24)22-16-9-7-15(20)8-10-16/h2-10,17H,11-12H2,1H3,(H,21,23)(H,22,24)/t17-/m1/s1. The molecule has 0 fully saturated rings. The Morgan fingerprint density at radius 1 is 1.04 bits per heavy atom. The number of nitrogens with one attached hydrogen (secondary N) is 2. The van der Waals surface area contributed by atoms with E-state index in [-0.39, 0.29) is 12.3 Å². The molecule has 0 spiro atoms. The third-order valence-electron chi connectivity index (χ3n) is 3.44. The first kappa shape index (κ1) is 19.5. The van der Waals surface area contributed by atoms with Gasteiger partial charge in [0.05, 0.1) is 12.5 Å². The topological polar surface area (TPSA) is 84.5 Å². The zero-order valence-corrected chi connectivity index (χ0v) is 15.0. The lowest BCUT2D eigenvalue weighted by molar-refractivity contribution is -0.148. The molecule has 0 saturated heterocycles. The molecular formula is C19H19ClN2O4. The Hall–Kier alpha value is -2.86. The van der Waals surface area contributed by atoms with Crippen molar-refractivity contribution in [1.82, 2.24) is 5.32 Å². The molecule has 2 amide bonds. The van der Waals surface area contributed by atoms with E-state index >= 15 is 0 Å². The van der Waals surface area contributed by atoms with E-state index in [1.807, 2.05) is 18.2 Å². The normalized spacial score (nSPS) is 11.3. The maximum absolute atomic E-state index is 12.0. The maximum atomic E-state index is 12.0. The molecule has 2 aromatic rings. The third kappa shape index (κ3) is 6.57. The van der Waals surface area contributed by atoms with Crippen molar-refractivity contribution in [3.8, 4) is 0 Å². The van der Waals surface area contributed by atoms with Gasteiger partial charge >= 0.3 is 5.97 Å². The predicted molar refractivity (Wildman–Crippen MR) is 98.7 cm³/mol. The largest absolute Gasteiger partial charge is 0.455 e. The van der Waals surface area contributed by atoms with Gasteiger partial charge in [-0.15, -0.1) is 0 Å². The summed E-state index contributed by atoms with van der Waals surface area (Å²) in [5, 5.41) is 5.86. The van der Waals surface area contributed by atoms with Crippen molar-refractivity contribution >= 4 is 35.1 Å². The van der Waals surface area contributed by atoms with Gasteiger partial charge in [0.1, 0.15) is 0 Å². The molecule has 136 valence electrons. The minimum atomic E-state index is -0.584. The van der Waals surface area contributed by atoms with Crippen LogP contribution in [0.1, 0.15) is 24.9 Å². The van der Waals surface area contributed by atoms with Gasteiger partial charge in [-0.3, -0.25) is 14.4 Å². The van der Waals surface area contributed by atoms with Gasteiger partial charge in [-0.05, 0) is 29.8 Å². The molecule has 0 bridgehead atoms. The molecule has 0 aliphatic rings. The van der Waals surface area contributed by atoms with Gasteiger partial charge in [-0.1, -0.05) is 41.9 Å². The fraction of sp³-hybridized carbons (Fsp3) is 0.211. The molecule has 2 N–H and O–H groups in total. The van der Waals surface area contributed by atoms with Gasteiger partial charge in [0, 0.05) is 17.6 Å². The molecule has 2 aromatic carbocycles. The molecular weight excluding hydrogens is 356 g/mol. The Labute approximate surface area is 156 Å². The first-order chi connectivity index (χ1) is 12.4. The quantitative estimate of drug-likeness (QED) is 0.729. The van der Waals surface area contributed by atoms with E-state index in [2.05, 4.69) is 10.6 Å². The minimum absolute atomic E-state index is 0.0716. The summed E-state index contributed by atoms with van der Waals surface area (Å²) < 4.78 is 5.00. The molecule has 0 aliphatic carbocycles. The Morgan fingerprint density at radius 2 is 1.69 bits per heavy atom. The molecule has 0 radical (unpaired) electrons. The smallest absolute Gasteiger partial charge is 0.308 e. The number of carbonyl (C=O) groups is 3. The first-order valence-electron chi connectivity index (χ1n) is 7.97. The van der Waals surface area contributed by atoms with E-state index in [1.165, 1.54) is 6.92 Å². The summed E-state index contributed by atoms with van der Waals surface area (Å²) in [6, 6.07) is 15.1. The Bertz CT molecular complexity index is 763. The Kier molecular flexibility index (Phi) is 7.17. The number of halogens is 1. The van der Waals surface area contributed by atoms with Crippen LogP contribution < -0.4 is 10.6 Å². The van der Waals surface area contributed by atoms with Gasteiger partial charge in [0.15, 0.2) is 6.61 Å². The summed E-state index contributed by atoms with van der Waals surface area (Å²) in [4.78, 5) is 35.2. The number of esters is 1. The van der Waals surface area contributed by atoms with Crippen LogP contribution in [-0.2, 0) is 19.1 Å². The highest BCUT2D eigenvalue weighted by Crippen LogP contribution is 2.17. The zero-order chi connectivity index (χ0) is 18.9. The van der Waals surface area contributed by atoms with E-state index < -0.39 is 24.5 Å². The lowest BCUT2D eigenvalue weighted by Crippen LogP contribution is -2.29. The number of carbonyl (C=O) groups excluding carboxylic acids is 3. The van der Waals surface area contributed by atoms with Gasteiger partial charge in [0.2, 0.25) is 5.91 Å². The zero-order valence-electron chi connectivity index (χ0n) is 14.2. The molecule has 0 aliphatic heterocycles. The predicted octanol–water partition coefficient (Wildman–Crippen LogP) is 3.09. The molecule has 7 heteroatoms. The van der Waals surface area contributed by atoms with Crippen molar-refractivity contribution in [1.29, 1.82) is 0 Å². The van der Waals surface area contributed by atoms with E-state index in [9.17, 15) is 14.4 Å². The van der Waals surface area contributed by atoms with E-state index in [0.29, 0.717) is 10.7 Å². The number of rotatable bonds is 7. The average molecular weight is 375 g/mol. The van der Waals surface area contributed by atoms with Crippen molar-refractivity contribution in [2.75, 3.05) is 11.9 Å². The number of hydrogen-bond donors (Lipinski definition) is 2. The molecule has 0 unspecified atom stereocenters. The average Bonchev–Trinajstić information content (AvgIpc) is 2.62. The number of anilines is 1. The van der Waals surface area contributed by atoms with Gasteiger partial charge < -0.3 is 15.4 Å². The molecule has 2 rings (SSSR count).